The van der Waals surface area contributed by atoms with Gasteiger partial charge in [0.1, 0.15) is 5.82 Å². The number of hydrogen-bond acceptors (Lipinski definition) is 5. The van der Waals surface area contributed by atoms with Gasteiger partial charge in [-0.1, -0.05) is 19.1 Å². The number of carbonyl (C=O) groups excluding carboxylic acids is 2. The quantitative estimate of drug-likeness (QED) is 0.611. The highest BCUT2D eigenvalue weighted by Gasteiger charge is 2.30. The van der Waals surface area contributed by atoms with Crippen LogP contribution in [0.25, 0.3) is 0 Å². The van der Waals surface area contributed by atoms with Gasteiger partial charge in [-0.25, -0.2) is 12.8 Å². The summed E-state index contributed by atoms with van der Waals surface area (Å²) in [5, 5.41) is 5.99. The van der Waals surface area contributed by atoms with Crippen LogP contribution >= 0.6 is 0 Å². The van der Waals surface area contributed by atoms with Crippen LogP contribution in [-0.4, -0.2) is 62.2 Å². The molecule has 0 aromatic heterocycles. The first-order valence-electron chi connectivity index (χ1n) is 10.9. The first-order chi connectivity index (χ1) is 15.7. The number of hydrogen-bond donors (Lipinski definition) is 2. The predicted octanol–water partition coefficient (Wildman–Crippen LogP) is 2.82. The lowest BCUT2D eigenvalue weighted by atomic mass is 10.1. The summed E-state index contributed by atoms with van der Waals surface area (Å²) >= 11 is 0. The molecular formula is C23H29FN4O4S. The number of sulfonamides is 1. The minimum atomic E-state index is -3.81. The topological polar surface area (TPSA) is 98.8 Å². The summed E-state index contributed by atoms with van der Waals surface area (Å²) in [6.45, 7) is 4.63. The van der Waals surface area contributed by atoms with Gasteiger partial charge < -0.3 is 15.5 Å². The molecular weight excluding hydrogens is 447 g/mol. The zero-order valence-corrected chi connectivity index (χ0v) is 19.6. The Morgan fingerprint density at radius 1 is 1.03 bits per heavy atom. The summed E-state index contributed by atoms with van der Waals surface area (Å²) in [5.74, 6) is -0.822. The van der Waals surface area contributed by atoms with Crippen LogP contribution in [0.4, 0.5) is 15.8 Å². The Kier molecular flexibility index (Phi) is 8.04. The lowest BCUT2D eigenvalue weighted by Gasteiger charge is -2.34. The van der Waals surface area contributed by atoms with E-state index in [-0.39, 0.29) is 49.4 Å². The molecule has 0 spiro atoms. The molecule has 2 aromatic rings. The molecule has 1 aliphatic heterocycles. The zero-order valence-electron chi connectivity index (χ0n) is 18.8. The molecule has 1 fully saturated rings. The molecule has 0 unspecified atom stereocenters. The Bertz CT molecular complexity index is 1120. The second-order valence-corrected chi connectivity index (χ2v) is 9.81. The van der Waals surface area contributed by atoms with Gasteiger partial charge in [0.05, 0.1) is 11.4 Å². The number of carbonyl (C=O) groups is 2. The summed E-state index contributed by atoms with van der Waals surface area (Å²) in [5.41, 5.74) is 2.27. The molecule has 2 aromatic carbocycles. The van der Waals surface area contributed by atoms with Gasteiger partial charge in [0.25, 0.3) is 0 Å². The maximum atomic E-state index is 13.4. The Balaban J connectivity index is 1.55. The van der Waals surface area contributed by atoms with E-state index in [0.29, 0.717) is 12.1 Å². The highest BCUT2D eigenvalue weighted by molar-refractivity contribution is 7.89. The van der Waals surface area contributed by atoms with E-state index < -0.39 is 15.8 Å². The van der Waals surface area contributed by atoms with Crippen molar-refractivity contribution in [3.63, 3.8) is 0 Å². The standard InChI is InChI=1S/C23H29FN4O4S/c1-3-6-22(29)26-21-10-5-9-20(17(21)2)25-16-23(30)27-11-13-28(14-12-27)33(31,32)19-8-4-7-18(24)15-19/h4-5,7-10,15,25H,3,6,11-14,16H2,1-2H3,(H,26,29). The van der Waals surface area contributed by atoms with Crippen LogP contribution in [0.5, 0.6) is 0 Å². The van der Waals surface area contributed by atoms with Crippen LogP contribution < -0.4 is 10.6 Å². The average molecular weight is 477 g/mol. The van der Waals surface area contributed by atoms with E-state index >= 15 is 0 Å². The van der Waals surface area contributed by atoms with Crippen LogP contribution in [-0.2, 0) is 19.6 Å². The second kappa shape index (κ2) is 10.8. The molecule has 2 amide bonds. The predicted molar refractivity (Wildman–Crippen MR) is 125 cm³/mol. The van der Waals surface area contributed by atoms with Gasteiger partial charge in [-0.3, -0.25) is 9.59 Å². The number of piperazine rings is 1. The highest BCUT2D eigenvalue weighted by Crippen LogP contribution is 2.24. The van der Waals surface area contributed by atoms with Gasteiger partial charge >= 0.3 is 0 Å². The zero-order chi connectivity index (χ0) is 24.0. The Morgan fingerprint density at radius 3 is 2.36 bits per heavy atom. The van der Waals surface area contributed by atoms with Crippen molar-refractivity contribution in [1.29, 1.82) is 0 Å². The van der Waals surface area contributed by atoms with Crippen molar-refractivity contribution < 1.29 is 22.4 Å². The summed E-state index contributed by atoms with van der Waals surface area (Å²) < 4.78 is 40.2. The van der Waals surface area contributed by atoms with Crippen LogP contribution in [0.1, 0.15) is 25.3 Å². The summed E-state index contributed by atoms with van der Waals surface area (Å²) in [6.07, 6.45) is 1.20. The number of rotatable bonds is 8. The minimum absolute atomic E-state index is 0.0455. The number of halogens is 1. The molecule has 1 saturated heterocycles. The fourth-order valence-corrected chi connectivity index (χ4v) is 5.09. The first kappa shape index (κ1) is 24.7. The van der Waals surface area contributed by atoms with Crippen molar-refractivity contribution in [2.45, 2.75) is 31.6 Å². The van der Waals surface area contributed by atoms with Gasteiger partial charge in [-0.15, -0.1) is 0 Å². The van der Waals surface area contributed by atoms with Gasteiger partial charge in [-0.05, 0) is 49.2 Å². The number of nitrogens with zero attached hydrogens (tertiary/aromatic N) is 2. The molecule has 8 nitrogen and oxygen atoms in total. The summed E-state index contributed by atoms with van der Waals surface area (Å²) in [4.78, 5) is 26.1. The molecule has 0 bridgehead atoms. The van der Waals surface area contributed by atoms with E-state index in [2.05, 4.69) is 10.6 Å². The summed E-state index contributed by atoms with van der Waals surface area (Å²) in [6, 6.07) is 10.4. The van der Waals surface area contributed by atoms with E-state index in [4.69, 9.17) is 0 Å². The number of nitrogens with one attached hydrogen (secondary N) is 2. The van der Waals surface area contributed by atoms with Gasteiger partial charge in [0, 0.05) is 44.0 Å². The molecule has 1 aliphatic rings. The van der Waals surface area contributed by atoms with Gasteiger partial charge in [-0.2, -0.15) is 4.31 Å². The largest absolute Gasteiger partial charge is 0.376 e. The second-order valence-electron chi connectivity index (χ2n) is 7.87. The maximum Gasteiger partial charge on any atom is 0.243 e. The lowest BCUT2D eigenvalue weighted by Crippen LogP contribution is -2.51. The van der Waals surface area contributed by atoms with Crippen molar-refractivity contribution in [1.82, 2.24) is 9.21 Å². The van der Waals surface area contributed by atoms with E-state index in [1.54, 1.807) is 11.0 Å². The van der Waals surface area contributed by atoms with Crippen LogP contribution in [0.2, 0.25) is 0 Å². The summed E-state index contributed by atoms with van der Waals surface area (Å²) in [7, 11) is -3.81. The highest BCUT2D eigenvalue weighted by atomic mass is 32.2. The molecule has 0 saturated carbocycles. The first-order valence-corrected chi connectivity index (χ1v) is 12.3. The normalized spacial score (nSPS) is 14.7. The molecule has 0 radical (unpaired) electrons. The SMILES string of the molecule is CCCC(=O)Nc1cccc(NCC(=O)N2CCN(S(=O)(=O)c3cccc(F)c3)CC2)c1C. The Hall–Kier alpha value is -2.98. The molecule has 0 atom stereocenters. The third-order valence-corrected chi connectivity index (χ3v) is 7.43. The van der Waals surface area contributed by atoms with Crippen molar-refractivity contribution in [3.05, 3.63) is 53.8 Å². The fraction of sp³-hybridized carbons (Fsp3) is 0.391. The van der Waals surface area contributed by atoms with E-state index in [0.717, 1.165) is 23.7 Å². The molecule has 0 aliphatic carbocycles. The Morgan fingerprint density at radius 2 is 1.70 bits per heavy atom. The van der Waals surface area contributed by atoms with Crippen LogP contribution in [0.3, 0.4) is 0 Å². The van der Waals surface area contributed by atoms with Gasteiger partial charge in [0.15, 0.2) is 0 Å². The number of anilines is 2. The van der Waals surface area contributed by atoms with Crippen molar-refractivity contribution >= 4 is 33.2 Å². The molecule has 2 N–H and O–H groups in total. The van der Waals surface area contributed by atoms with E-state index in [1.807, 2.05) is 26.0 Å². The van der Waals surface area contributed by atoms with E-state index in [9.17, 15) is 22.4 Å². The van der Waals surface area contributed by atoms with Crippen molar-refractivity contribution in [3.8, 4) is 0 Å². The fourth-order valence-electron chi connectivity index (χ4n) is 3.64. The Labute approximate surface area is 193 Å². The number of amides is 2. The average Bonchev–Trinajstić information content (AvgIpc) is 2.79. The monoisotopic (exact) mass is 476 g/mol. The lowest BCUT2D eigenvalue weighted by molar-refractivity contribution is -0.130. The minimum Gasteiger partial charge on any atom is -0.376 e. The molecule has 178 valence electrons. The third kappa shape index (κ3) is 6.08. The maximum absolute atomic E-state index is 13.4. The third-order valence-electron chi connectivity index (χ3n) is 5.54. The molecule has 33 heavy (non-hydrogen) atoms. The molecule has 10 heteroatoms. The van der Waals surface area contributed by atoms with Crippen LogP contribution in [0, 0.1) is 12.7 Å². The van der Waals surface area contributed by atoms with Gasteiger partial charge in [0.2, 0.25) is 21.8 Å². The smallest absolute Gasteiger partial charge is 0.243 e. The number of benzene rings is 2. The van der Waals surface area contributed by atoms with Crippen LogP contribution in [0.15, 0.2) is 47.4 Å². The molecule has 1 heterocycles. The van der Waals surface area contributed by atoms with Crippen molar-refractivity contribution in [2.75, 3.05) is 43.4 Å². The van der Waals surface area contributed by atoms with E-state index in [1.165, 1.54) is 22.5 Å². The molecule has 3 rings (SSSR count). The van der Waals surface area contributed by atoms with Crippen molar-refractivity contribution in [2.24, 2.45) is 0 Å².